The molecule has 0 heterocycles. The molecule has 76 valence electrons. The maximum Gasteiger partial charge on any atom is 0.274 e. The van der Waals surface area contributed by atoms with Crippen molar-refractivity contribution in [3.8, 4) is 0 Å². The van der Waals surface area contributed by atoms with E-state index in [2.05, 4.69) is 4.72 Å². The van der Waals surface area contributed by atoms with E-state index in [0.717, 1.165) is 11.8 Å². The van der Waals surface area contributed by atoms with Gasteiger partial charge in [-0.2, -0.15) is 8.42 Å². The van der Waals surface area contributed by atoms with E-state index in [1.54, 1.807) is 0 Å². The zero-order valence-electron chi connectivity index (χ0n) is 7.57. The van der Waals surface area contributed by atoms with Gasteiger partial charge in [0.2, 0.25) is 0 Å². The molecule has 0 bridgehead atoms. The van der Waals surface area contributed by atoms with Crippen LogP contribution in [0.4, 0.5) is 0 Å². The summed E-state index contributed by atoms with van der Waals surface area (Å²) in [5.74, 6) is 2.09. The summed E-state index contributed by atoms with van der Waals surface area (Å²) >= 11 is 0. The van der Waals surface area contributed by atoms with Crippen molar-refractivity contribution in [3.63, 3.8) is 0 Å². The highest BCUT2D eigenvalue weighted by molar-refractivity contribution is 7.87. The average Bonchev–Trinajstić information content (AvgIpc) is 2.80. The fourth-order valence-corrected chi connectivity index (χ4v) is 2.40. The molecule has 0 aliphatic heterocycles. The SMILES string of the molecule is NS(=O)(=O)NCC(C1CC1)C1CC1. The Morgan fingerprint density at radius 2 is 1.69 bits per heavy atom. The van der Waals surface area contributed by atoms with Crippen molar-refractivity contribution in [3.05, 3.63) is 0 Å². The summed E-state index contributed by atoms with van der Waals surface area (Å²) in [7, 11) is -3.48. The Hall–Kier alpha value is -0.130. The van der Waals surface area contributed by atoms with E-state index in [4.69, 9.17) is 5.14 Å². The molecule has 3 N–H and O–H groups in total. The van der Waals surface area contributed by atoms with Gasteiger partial charge < -0.3 is 0 Å². The van der Waals surface area contributed by atoms with Crippen LogP contribution in [0.2, 0.25) is 0 Å². The van der Waals surface area contributed by atoms with E-state index in [1.165, 1.54) is 25.7 Å². The summed E-state index contributed by atoms with van der Waals surface area (Å²) in [5.41, 5.74) is 0. The predicted octanol–water partition coefficient (Wildman–Crippen LogP) is 0.216. The van der Waals surface area contributed by atoms with Gasteiger partial charge in [-0.1, -0.05) is 0 Å². The fourth-order valence-electron chi connectivity index (χ4n) is 1.98. The van der Waals surface area contributed by atoms with Gasteiger partial charge in [-0.3, -0.25) is 0 Å². The molecule has 0 radical (unpaired) electrons. The van der Waals surface area contributed by atoms with Crippen molar-refractivity contribution >= 4 is 10.2 Å². The minimum absolute atomic E-state index is 0.550. The van der Waals surface area contributed by atoms with Gasteiger partial charge in [0.25, 0.3) is 10.2 Å². The maximum atomic E-state index is 10.7. The quantitative estimate of drug-likeness (QED) is 0.672. The smallest absolute Gasteiger partial charge is 0.216 e. The van der Waals surface area contributed by atoms with Crippen LogP contribution in [-0.4, -0.2) is 15.0 Å². The molecule has 13 heavy (non-hydrogen) atoms. The molecule has 0 amide bonds. The first-order valence-electron chi connectivity index (χ1n) is 4.83. The van der Waals surface area contributed by atoms with E-state index < -0.39 is 10.2 Å². The third kappa shape index (κ3) is 2.93. The summed E-state index contributed by atoms with van der Waals surface area (Å²) in [4.78, 5) is 0. The van der Waals surface area contributed by atoms with Crippen molar-refractivity contribution in [1.29, 1.82) is 0 Å². The van der Waals surface area contributed by atoms with Crippen LogP contribution in [0.1, 0.15) is 25.7 Å². The van der Waals surface area contributed by atoms with Crippen LogP contribution in [0.25, 0.3) is 0 Å². The molecule has 2 saturated carbocycles. The molecule has 2 fully saturated rings. The van der Waals surface area contributed by atoms with Gasteiger partial charge in [0, 0.05) is 6.54 Å². The number of nitrogens with one attached hydrogen (secondary N) is 1. The highest BCUT2D eigenvalue weighted by atomic mass is 32.2. The Balaban J connectivity index is 1.83. The minimum Gasteiger partial charge on any atom is -0.216 e. The lowest BCUT2D eigenvalue weighted by Crippen LogP contribution is -2.35. The van der Waals surface area contributed by atoms with Crippen molar-refractivity contribution in [1.82, 2.24) is 4.72 Å². The topological polar surface area (TPSA) is 72.2 Å². The predicted molar refractivity (Wildman–Crippen MR) is 50.0 cm³/mol. The molecule has 0 unspecified atom stereocenters. The van der Waals surface area contributed by atoms with Crippen molar-refractivity contribution < 1.29 is 8.42 Å². The molecule has 4 nitrogen and oxygen atoms in total. The van der Waals surface area contributed by atoms with Crippen LogP contribution in [0, 0.1) is 17.8 Å². The maximum absolute atomic E-state index is 10.7. The summed E-state index contributed by atoms with van der Waals surface area (Å²) in [6, 6.07) is 0. The van der Waals surface area contributed by atoms with E-state index in [-0.39, 0.29) is 0 Å². The molecule has 2 aliphatic rings. The Kier molecular flexibility index (Phi) is 2.33. The Labute approximate surface area is 79.1 Å². The highest BCUT2D eigenvalue weighted by Gasteiger charge is 2.41. The third-order valence-electron chi connectivity index (χ3n) is 2.98. The van der Waals surface area contributed by atoms with E-state index in [1.807, 2.05) is 0 Å². The fraction of sp³-hybridized carbons (Fsp3) is 1.00. The van der Waals surface area contributed by atoms with Crippen LogP contribution < -0.4 is 9.86 Å². The molecule has 2 aliphatic carbocycles. The molecule has 5 heteroatoms. The molecular formula is C8H16N2O2S. The second-order valence-corrected chi connectivity index (χ2v) is 5.61. The average molecular weight is 204 g/mol. The van der Waals surface area contributed by atoms with Gasteiger partial charge in [-0.15, -0.1) is 0 Å². The normalized spacial score (nSPS) is 23.8. The summed E-state index contributed by atoms with van der Waals surface area (Å²) in [5, 5.41) is 4.89. The highest BCUT2D eigenvalue weighted by Crippen LogP contribution is 2.48. The van der Waals surface area contributed by atoms with Crippen molar-refractivity contribution in [2.75, 3.05) is 6.54 Å². The zero-order chi connectivity index (χ0) is 9.47. The molecule has 0 aromatic rings. The van der Waals surface area contributed by atoms with Gasteiger partial charge in [0.15, 0.2) is 0 Å². The first-order chi connectivity index (χ1) is 6.06. The number of nitrogens with two attached hydrogens (primary N) is 1. The Morgan fingerprint density at radius 3 is 2.00 bits per heavy atom. The first-order valence-corrected chi connectivity index (χ1v) is 6.38. The van der Waals surface area contributed by atoms with E-state index in [9.17, 15) is 8.42 Å². The molecule has 0 aromatic heterocycles. The van der Waals surface area contributed by atoms with E-state index in [0.29, 0.717) is 12.5 Å². The molecule has 2 rings (SSSR count). The molecule has 0 atom stereocenters. The number of rotatable bonds is 5. The van der Waals surface area contributed by atoms with Crippen LogP contribution in [-0.2, 0) is 10.2 Å². The molecule has 0 spiro atoms. The molecule has 0 aromatic carbocycles. The Morgan fingerprint density at radius 1 is 1.23 bits per heavy atom. The largest absolute Gasteiger partial charge is 0.274 e. The molecule has 0 saturated heterocycles. The monoisotopic (exact) mass is 204 g/mol. The number of hydrogen-bond donors (Lipinski definition) is 2. The summed E-state index contributed by atoms with van der Waals surface area (Å²) in [6.45, 7) is 0.550. The van der Waals surface area contributed by atoms with Gasteiger partial charge >= 0.3 is 0 Å². The van der Waals surface area contributed by atoms with Crippen LogP contribution in [0.5, 0.6) is 0 Å². The second kappa shape index (κ2) is 3.22. The van der Waals surface area contributed by atoms with Crippen molar-refractivity contribution in [2.24, 2.45) is 22.9 Å². The second-order valence-electron chi connectivity index (χ2n) is 4.23. The standard InChI is InChI=1S/C8H16N2O2S/c9-13(11,12)10-5-8(6-1-2-6)7-3-4-7/h6-8,10H,1-5H2,(H2,9,11,12). The lowest BCUT2D eigenvalue weighted by atomic mass is 9.99. The van der Waals surface area contributed by atoms with Crippen molar-refractivity contribution in [2.45, 2.75) is 25.7 Å². The summed E-state index contributed by atoms with van der Waals surface area (Å²) < 4.78 is 23.8. The van der Waals surface area contributed by atoms with Gasteiger partial charge in [-0.05, 0) is 43.4 Å². The van der Waals surface area contributed by atoms with Crippen LogP contribution >= 0.6 is 0 Å². The first kappa shape index (κ1) is 9.43. The third-order valence-corrected chi connectivity index (χ3v) is 3.54. The lowest BCUT2D eigenvalue weighted by Gasteiger charge is -2.14. The molecular weight excluding hydrogens is 188 g/mol. The van der Waals surface area contributed by atoms with Crippen LogP contribution in [0.15, 0.2) is 0 Å². The number of hydrogen-bond acceptors (Lipinski definition) is 2. The van der Waals surface area contributed by atoms with Crippen LogP contribution in [0.3, 0.4) is 0 Å². The summed E-state index contributed by atoms with van der Waals surface area (Å²) in [6.07, 6.45) is 5.09. The Bertz CT molecular complexity index is 269. The van der Waals surface area contributed by atoms with Gasteiger partial charge in [0.1, 0.15) is 0 Å². The van der Waals surface area contributed by atoms with Gasteiger partial charge in [0.05, 0.1) is 0 Å². The van der Waals surface area contributed by atoms with E-state index >= 15 is 0 Å². The van der Waals surface area contributed by atoms with Gasteiger partial charge in [-0.25, -0.2) is 9.86 Å². The minimum atomic E-state index is -3.48. The lowest BCUT2D eigenvalue weighted by molar-refractivity contribution is 0.401. The zero-order valence-corrected chi connectivity index (χ0v) is 8.39.